The Labute approximate surface area is 114 Å². The van der Waals surface area contributed by atoms with Crippen molar-refractivity contribution in [2.24, 2.45) is 5.73 Å². The number of halogens is 1. The van der Waals surface area contributed by atoms with Crippen molar-refractivity contribution in [1.29, 1.82) is 0 Å². The molecule has 0 fully saturated rings. The van der Waals surface area contributed by atoms with Crippen molar-refractivity contribution in [3.63, 3.8) is 0 Å². The fraction of sp³-hybridized carbons (Fsp3) is 0.0769. The minimum Gasteiger partial charge on any atom is -0.384 e. The number of primary amides is 1. The molecule has 0 saturated carbocycles. The van der Waals surface area contributed by atoms with E-state index in [-0.39, 0.29) is 5.82 Å². The molecule has 2 rings (SSSR count). The summed E-state index contributed by atoms with van der Waals surface area (Å²) in [6, 6.07) is 7.57. The standard InChI is InChI=1S/C13H12FN3OS/c14-11-3-1-8(13(16)18)5-9(11)7-19-10-2-4-12(15)17-6-10/h1-6H,7H2,(H2,15,17)(H2,16,18). The van der Waals surface area contributed by atoms with Gasteiger partial charge in [-0.3, -0.25) is 4.79 Å². The molecule has 0 aliphatic carbocycles. The van der Waals surface area contributed by atoms with Gasteiger partial charge < -0.3 is 11.5 Å². The number of aromatic nitrogens is 1. The first kappa shape index (κ1) is 13.4. The monoisotopic (exact) mass is 277 g/mol. The van der Waals surface area contributed by atoms with Gasteiger partial charge in [0.25, 0.3) is 0 Å². The van der Waals surface area contributed by atoms with Crippen LogP contribution in [0.2, 0.25) is 0 Å². The summed E-state index contributed by atoms with van der Waals surface area (Å²) < 4.78 is 13.6. The maximum Gasteiger partial charge on any atom is 0.248 e. The van der Waals surface area contributed by atoms with Crippen LogP contribution in [0, 0.1) is 5.82 Å². The summed E-state index contributed by atoms with van der Waals surface area (Å²) in [6.07, 6.45) is 1.62. The van der Waals surface area contributed by atoms with Gasteiger partial charge in [0.05, 0.1) is 0 Å². The van der Waals surface area contributed by atoms with E-state index in [1.165, 1.54) is 30.0 Å². The predicted molar refractivity (Wildman–Crippen MR) is 73.1 cm³/mol. The number of anilines is 1. The first-order valence-corrected chi connectivity index (χ1v) is 6.47. The zero-order chi connectivity index (χ0) is 13.8. The van der Waals surface area contributed by atoms with Gasteiger partial charge >= 0.3 is 0 Å². The number of hydrogen-bond acceptors (Lipinski definition) is 4. The molecule has 1 aromatic carbocycles. The zero-order valence-corrected chi connectivity index (χ0v) is 10.8. The third-order valence-corrected chi connectivity index (χ3v) is 3.51. The van der Waals surface area contributed by atoms with E-state index < -0.39 is 5.91 Å². The van der Waals surface area contributed by atoms with Crippen LogP contribution in [0.15, 0.2) is 41.4 Å². The van der Waals surface area contributed by atoms with Gasteiger partial charge in [-0.15, -0.1) is 11.8 Å². The lowest BCUT2D eigenvalue weighted by atomic mass is 10.1. The van der Waals surface area contributed by atoms with Gasteiger partial charge in [0, 0.05) is 22.4 Å². The molecule has 4 N–H and O–H groups in total. The molecule has 98 valence electrons. The summed E-state index contributed by atoms with van der Waals surface area (Å²) in [5.74, 6) is -0.106. The van der Waals surface area contributed by atoms with Crippen LogP contribution in [-0.2, 0) is 5.75 Å². The maximum atomic E-state index is 13.6. The predicted octanol–water partition coefficient (Wildman–Crippen LogP) is 2.19. The number of nitrogens with zero attached hydrogens (tertiary/aromatic N) is 1. The molecule has 0 bridgehead atoms. The SMILES string of the molecule is NC(=O)c1ccc(F)c(CSc2ccc(N)nc2)c1. The first-order valence-electron chi connectivity index (χ1n) is 5.49. The van der Waals surface area contributed by atoms with Gasteiger partial charge in [0.2, 0.25) is 5.91 Å². The summed E-state index contributed by atoms with van der Waals surface area (Å²) in [4.78, 5) is 15.9. The van der Waals surface area contributed by atoms with Gasteiger partial charge in [-0.05, 0) is 35.9 Å². The molecule has 1 heterocycles. The molecule has 6 heteroatoms. The molecule has 4 nitrogen and oxygen atoms in total. The highest BCUT2D eigenvalue weighted by atomic mass is 32.2. The molecule has 1 aromatic heterocycles. The summed E-state index contributed by atoms with van der Waals surface area (Å²) in [6.45, 7) is 0. The molecule has 19 heavy (non-hydrogen) atoms. The second kappa shape index (κ2) is 5.71. The third-order valence-electron chi connectivity index (χ3n) is 2.48. The van der Waals surface area contributed by atoms with Gasteiger partial charge in [0.1, 0.15) is 11.6 Å². The van der Waals surface area contributed by atoms with Crippen molar-refractivity contribution in [1.82, 2.24) is 4.98 Å². The lowest BCUT2D eigenvalue weighted by Gasteiger charge is -2.05. The molecule has 1 amide bonds. The van der Waals surface area contributed by atoms with Gasteiger partial charge in [-0.25, -0.2) is 9.37 Å². The topological polar surface area (TPSA) is 82.0 Å². The van der Waals surface area contributed by atoms with Crippen molar-refractivity contribution >= 4 is 23.5 Å². The van der Waals surface area contributed by atoms with Crippen LogP contribution in [-0.4, -0.2) is 10.9 Å². The van der Waals surface area contributed by atoms with Crippen LogP contribution in [0.1, 0.15) is 15.9 Å². The number of pyridine rings is 1. The number of benzene rings is 1. The highest BCUT2D eigenvalue weighted by Crippen LogP contribution is 2.24. The minimum atomic E-state index is -0.569. The van der Waals surface area contributed by atoms with Crippen LogP contribution in [0.25, 0.3) is 0 Å². The zero-order valence-electron chi connectivity index (χ0n) is 9.97. The maximum absolute atomic E-state index is 13.6. The number of nitrogen functional groups attached to an aromatic ring is 1. The van der Waals surface area contributed by atoms with Crippen LogP contribution in [0.4, 0.5) is 10.2 Å². The Hall–Kier alpha value is -2.08. The van der Waals surface area contributed by atoms with Crippen LogP contribution in [0.3, 0.4) is 0 Å². The summed E-state index contributed by atoms with van der Waals surface area (Å²) in [5.41, 5.74) is 11.4. The molecular weight excluding hydrogens is 265 g/mol. The lowest BCUT2D eigenvalue weighted by Crippen LogP contribution is -2.11. The number of carbonyl (C=O) groups excluding carboxylic acids is 1. The second-order valence-electron chi connectivity index (χ2n) is 3.88. The Kier molecular flexibility index (Phi) is 4.01. The van der Waals surface area contributed by atoms with Crippen molar-refractivity contribution in [2.75, 3.05) is 5.73 Å². The molecule has 0 atom stereocenters. The van der Waals surface area contributed by atoms with Crippen molar-refractivity contribution in [3.8, 4) is 0 Å². The smallest absolute Gasteiger partial charge is 0.248 e. The fourth-order valence-electron chi connectivity index (χ4n) is 1.48. The first-order chi connectivity index (χ1) is 9.06. The third kappa shape index (κ3) is 3.45. The van der Waals surface area contributed by atoms with Crippen molar-refractivity contribution in [3.05, 3.63) is 53.5 Å². The largest absolute Gasteiger partial charge is 0.384 e. The van der Waals surface area contributed by atoms with E-state index in [2.05, 4.69) is 4.98 Å². The Morgan fingerprint density at radius 3 is 2.74 bits per heavy atom. The Bertz CT molecular complexity index is 601. The molecule has 0 spiro atoms. The number of amides is 1. The van der Waals surface area contributed by atoms with E-state index in [9.17, 15) is 9.18 Å². The average Bonchev–Trinajstić information content (AvgIpc) is 2.39. The Morgan fingerprint density at radius 2 is 2.11 bits per heavy atom. The van der Waals surface area contributed by atoms with Crippen molar-refractivity contribution in [2.45, 2.75) is 10.6 Å². The lowest BCUT2D eigenvalue weighted by molar-refractivity contribution is 0.1000. The minimum absolute atomic E-state index is 0.299. The van der Waals surface area contributed by atoms with E-state index in [1.54, 1.807) is 12.3 Å². The molecule has 0 saturated heterocycles. The molecule has 0 unspecified atom stereocenters. The Morgan fingerprint density at radius 1 is 1.32 bits per heavy atom. The van der Waals surface area contributed by atoms with E-state index in [0.717, 1.165) is 4.90 Å². The van der Waals surface area contributed by atoms with Crippen LogP contribution >= 0.6 is 11.8 Å². The summed E-state index contributed by atoms with van der Waals surface area (Å²) >= 11 is 1.41. The number of thioether (sulfide) groups is 1. The van der Waals surface area contributed by atoms with Gasteiger partial charge in [-0.1, -0.05) is 0 Å². The number of nitrogens with two attached hydrogens (primary N) is 2. The van der Waals surface area contributed by atoms with E-state index >= 15 is 0 Å². The number of rotatable bonds is 4. The van der Waals surface area contributed by atoms with Crippen LogP contribution < -0.4 is 11.5 Å². The quantitative estimate of drug-likeness (QED) is 0.839. The molecule has 2 aromatic rings. The second-order valence-corrected chi connectivity index (χ2v) is 4.93. The molecule has 0 radical (unpaired) electrons. The molecule has 0 aliphatic rings. The average molecular weight is 277 g/mol. The molecule has 0 aliphatic heterocycles. The summed E-state index contributed by atoms with van der Waals surface area (Å²) in [7, 11) is 0. The van der Waals surface area contributed by atoms with E-state index in [0.29, 0.717) is 22.7 Å². The van der Waals surface area contributed by atoms with Gasteiger partial charge in [-0.2, -0.15) is 0 Å². The number of hydrogen-bond donors (Lipinski definition) is 2. The summed E-state index contributed by atoms with van der Waals surface area (Å²) in [5, 5.41) is 0. The Balaban J connectivity index is 2.12. The highest BCUT2D eigenvalue weighted by molar-refractivity contribution is 7.98. The normalized spacial score (nSPS) is 10.4. The number of carbonyl (C=O) groups is 1. The highest BCUT2D eigenvalue weighted by Gasteiger charge is 2.07. The van der Waals surface area contributed by atoms with Gasteiger partial charge in [0.15, 0.2) is 0 Å². The van der Waals surface area contributed by atoms with E-state index in [1.807, 2.05) is 6.07 Å². The van der Waals surface area contributed by atoms with Crippen molar-refractivity contribution < 1.29 is 9.18 Å². The fourth-order valence-corrected chi connectivity index (χ4v) is 2.31. The van der Waals surface area contributed by atoms with E-state index in [4.69, 9.17) is 11.5 Å². The van der Waals surface area contributed by atoms with Crippen LogP contribution in [0.5, 0.6) is 0 Å². The molecular formula is C13H12FN3OS.